The quantitative estimate of drug-likeness (QED) is 0.174. The average molecular weight is 814 g/mol. The lowest BCUT2D eigenvalue weighted by molar-refractivity contribution is 0.669. The van der Waals surface area contributed by atoms with Crippen LogP contribution in [0.15, 0.2) is 217 Å². The zero-order chi connectivity index (χ0) is 41.6. The van der Waals surface area contributed by atoms with E-state index < -0.39 is 0 Å². The molecule has 5 heterocycles. The molecule has 0 spiro atoms. The van der Waals surface area contributed by atoms with E-state index in [1.807, 2.05) is 12.1 Å². The number of para-hydroxylation sites is 5. The first-order valence-corrected chi connectivity index (χ1v) is 22.0. The number of fused-ring (bicyclic) bond motifs is 15. The Bertz CT molecular complexity index is 4420. The zero-order valence-electron chi connectivity index (χ0n) is 34.5. The van der Waals surface area contributed by atoms with E-state index in [0.29, 0.717) is 0 Å². The summed E-state index contributed by atoms with van der Waals surface area (Å²) < 4.78 is 13.6. The molecule has 0 fully saturated rings. The van der Waals surface area contributed by atoms with Gasteiger partial charge in [-0.25, -0.2) is 0 Å². The van der Waals surface area contributed by atoms with Crippen LogP contribution in [-0.2, 0) is 0 Å². The second kappa shape index (κ2) is 12.5. The number of furan rings is 1. The number of hydrogen-bond donors (Lipinski definition) is 0. The fourth-order valence-corrected chi connectivity index (χ4v) is 11.1. The first-order valence-electron chi connectivity index (χ1n) is 22.0. The van der Waals surface area contributed by atoms with Crippen LogP contribution >= 0.6 is 0 Å². The number of rotatable bonds is 4. The predicted molar refractivity (Wildman–Crippen MR) is 268 cm³/mol. The van der Waals surface area contributed by atoms with Crippen LogP contribution in [0.2, 0.25) is 0 Å². The van der Waals surface area contributed by atoms with E-state index in [1.165, 1.54) is 92.8 Å². The van der Waals surface area contributed by atoms with Crippen LogP contribution in [-0.4, -0.2) is 13.5 Å². The van der Waals surface area contributed by atoms with E-state index in [0.717, 1.165) is 44.4 Å². The van der Waals surface area contributed by atoms with Crippen molar-refractivity contribution in [1.29, 1.82) is 0 Å². The molecule has 4 nitrogen and oxygen atoms in total. The molecule has 0 unspecified atom stereocenters. The standard InChI is InChI=1S/C60H35N3O/c1-2-11-40(12-3-1)61-55-29-23-37(32-50(55)51-33-38(24-30-56(51)61)39-21-26-46-45-15-6-9-20-58(45)64-59(46)34-39)36-22-28-54-49(31-36)43-14-5-7-18-52(43)62(54)41-25-27-44-48-17-10-16-47-42-13-4-8-19-53(42)63(60(47)48)57(44)35-41/h1-35H. The van der Waals surface area contributed by atoms with Crippen LogP contribution in [0.5, 0.6) is 0 Å². The zero-order valence-corrected chi connectivity index (χ0v) is 34.5. The fourth-order valence-electron chi connectivity index (χ4n) is 11.1. The van der Waals surface area contributed by atoms with Crippen LogP contribution in [0.25, 0.3) is 137 Å². The largest absolute Gasteiger partial charge is 0.456 e. The molecule has 15 aromatic rings. The number of aromatic nitrogens is 3. The number of benzene rings is 10. The molecule has 64 heavy (non-hydrogen) atoms. The molecule has 0 aliphatic carbocycles. The number of nitrogens with zero attached hydrogens (tertiary/aromatic N) is 3. The van der Waals surface area contributed by atoms with Crippen LogP contribution in [0.4, 0.5) is 0 Å². The Kier molecular flexibility index (Phi) is 6.65. The minimum atomic E-state index is 0.905. The van der Waals surface area contributed by atoms with Gasteiger partial charge in [0.2, 0.25) is 0 Å². The summed E-state index contributed by atoms with van der Waals surface area (Å²) in [5.74, 6) is 0. The second-order valence-corrected chi connectivity index (χ2v) is 17.3. The molecule has 0 aliphatic rings. The monoisotopic (exact) mass is 813 g/mol. The van der Waals surface area contributed by atoms with Crippen molar-refractivity contribution >= 4 is 104 Å². The predicted octanol–water partition coefficient (Wildman–Crippen LogP) is 16.3. The third kappa shape index (κ3) is 4.56. The van der Waals surface area contributed by atoms with Crippen molar-refractivity contribution in [2.75, 3.05) is 0 Å². The molecule has 296 valence electrons. The first-order chi connectivity index (χ1) is 31.7. The van der Waals surface area contributed by atoms with Gasteiger partial charge in [-0.2, -0.15) is 0 Å². The van der Waals surface area contributed by atoms with E-state index in [2.05, 4.69) is 214 Å². The van der Waals surface area contributed by atoms with Gasteiger partial charge >= 0.3 is 0 Å². The Morgan fingerprint density at radius 1 is 0.250 bits per heavy atom. The highest BCUT2D eigenvalue weighted by molar-refractivity contribution is 6.23. The summed E-state index contributed by atoms with van der Waals surface area (Å²) in [7, 11) is 0. The summed E-state index contributed by atoms with van der Waals surface area (Å²) in [6.45, 7) is 0. The summed E-state index contributed by atoms with van der Waals surface area (Å²) in [5.41, 5.74) is 17.3. The Balaban J connectivity index is 0.909. The summed E-state index contributed by atoms with van der Waals surface area (Å²) >= 11 is 0. The highest BCUT2D eigenvalue weighted by atomic mass is 16.3. The van der Waals surface area contributed by atoms with Gasteiger partial charge < -0.3 is 18.0 Å². The maximum Gasteiger partial charge on any atom is 0.136 e. The lowest BCUT2D eigenvalue weighted by Gasteiger charge is -2.10. The second-order valence-electron chi connectivity index (χ2n) is 17.3. The summed E-state index contributed by atoms with van der Waals surface area (Å²) in [5, 5.41) is 12.4. The van der Waals surface area contributed by atoms with E-state index in [-0.39, 0.29) is 0 Å². The average Bonchev–Trinajstić information content (AvgIpc) is 4.15. The highest BCUT2D eigenvalue weighted by Crippen LogP contribution is 2.43. The van der Waals surface area contributed by atoms with Crippen molar-refractivity contribution < 1.29 is 4.42 Å². The molecule has 0 N–H and O–H groups in total. The molecule has 0 atom stereocenters. The molecule has 0 amide bonds. The Morgan fingerprint density at radius 3 is 1.42 bits per heavy atom. The minimum absolute atomic E-state index is 0.905. The summed E-state index contributed by atoms with van der Waals surface area (Å²) in [6.07, 6.45) is 0. The summed E-state index contributed by atoms with van der Waals surface area (Å²) in [6, 6.07) is 77.8. The lowest BCUT2D eigenvalue weighted by Crippen LogP contribution is -1.94. The Morgan fingerprint density at radius 2 is 0.719 bits per heavy atom. The van der Waals surface area contributed by atoms with Gasteiger partial charge in [-0.1, -0.05) is 121 Å². The van der Waals surface area contributed by atoms with Gasteiger partial charge in [-0.3, -0.25) is 0 Å². The van der Waals surface area contributed by atoms with Gasteiger partial charge in [-0.15, -0.1) is 0 Å². The molecule has 10 aromatic carbocycles. The SMILES string of the molecule is c1ccc(-n2c3ccc(-c4ccc5c(c4)oc4ccccc45)cc3c3cc(-c4ccc5c(c4)c4ccccc4n5-c4ccc5c6cccc7c8ccccc8n(c5c4)c76)ccc32)cc1. The molecule has 0 radical (unpaired) electrons. The van der Waals surface area contributed by atoms with E-state index in [4.69, 9.17) is 4.42 Å². The third-order valence-electron chi connectivity index (χ3n) is 14.0. The van der Waals surface area contributed by atoms with Crippen LogP contribution in [0, 0.1) is 0 Å². The molecular formula is C60H35N3O. The van der Waals surface area contributed by atoms with Crippen molar-refractivity contribution in [3.63, 3.8) is 0 Å². The molecule has 0 bridgehead atoms. The molecular weight excluding hydrogens is 779 g/mol. The molecule has 15 rings (SSSR count). The van der Waals surface area contributed by atoms with Crippen molar-refractivity contribution in [1.82, 2.24) is 13.5 Å². The van der Waals surface area contributed by atoms with Crippen LogP contribution < -0.4 is 0 Å². The van der Waals surface area contributed by atoms with E-state index in [9.17, 15) is 0 Å². The smallest absolute Gasteiger partial charge is 0.136 e. The van der Waals surface area contributed by atoms with Crippen molar-refractivity contribution in [3.8, 4) is 33.6 Å². The van der Waals surface area contributed by atoms with E-state index >= 15 is 0 Å². The minimum Gasteiger partial charge on any atom is -0.456 e. The normalized spacial score (nSPS) is 12.4. The van der Waals surface area contributed by atoms with Crippen molar-refractivity contribution in [2.24, 2.45) is 0 Å². The molecule has 4 heteroatoms. The molecule has 0 aliphatic heterocycles. The van der Waals surface area contributed by atoms with Crippen molar-refractivity contribution in [2.45, 2.75) is 0 Å². The van der Waals surface area contributed by atoms with Crippen LogP contribution in [0.1, 0.15) is 0 Å². The van der Waals surface area contributed by atoms with Gasteiger partial charge in [0.25, 0.3) is 0 Å². The lowest BCUT2D eigenvalue weighted by atomic mass is 9.99. The van der Waals surface area contributed by atoms with Crippen molar-refractivity contribution in [3.05, 3.63) is 212 Å². The van der Waals surface area contributed by atoms with E-state index in [1.54, 1.807) is 0 Å². The molecule has 5 aromatic heterocycles. The van der Waals surface area contributed by atoms with Gasteiger partial charge in [-0.05, 0) is 113 Å². The topological polar surface area (TPSA) is 27.4 Å². The maximum absolute atomic E-state index is 6.33. The maximum atomic E-state index is 6.33. The van der Waals surface area contributed by atoms with Gasteiger partial charge in [0.15, 0.2) is 0 Å². The van der Waals surface area contributed by atoms with Gasteiger partial charge in [0, 0.05) is 65.2 Å². The Hall–Kier alpha value is -8.60. The molecule has 0 saturated carbocycles. The Labute approximate surface area is 366 Å². The third-order valence-corrected chi connectivity index (χ3v) is 14.0. The summed E-state index contributed by atoms with van der Waals surface area (Å²) in [4.78, 5) is 0. The van der Waals surface area contributed by atoms with Crippen LogP contribution in [0.3, 0.4) is 0 Å². The van der Waals surface area contributed by atoms with Gasteiger partial charge in [0.1, 0.15) is 11.2 Å². The highest BCUT2D eigenvalue weighted by Gasteiger charge is 2.20. The number of hydrogen-bond acceptors (Lipinski definition) is 1. The van der Waals surface area contributed by atoms with Gasteiger partial charge in [0.05, 0.1) is 38.6 Å². The first kappa shape index (κ1) is 34.0. The molecule has 0 saturated heterocycles. The fraction of sp³-hybridized carbons (Fsp3) is 0.